The van der Waals surface area contributed by atoms with Crippen molar-refractivity contribution in [2.75, 3.05) is 0 Å². The lowest BCUT2D eigenvalue weighted by Gasteiger charge is -2.26. The molecule has 0 saturated heterocycles. The summed E-state index contributed by atoms with van der Waals surface area (Å²) in [6.07, 6.45) is 0. The molecule has 344 valence electrons. The zero-order valence-corrected chi connectivity index (χ0v) is 44.9. The van der Waals surface area contributed by atoms with Crippen molar-refractivity contribution in [3.05, 3.63) is 258 Å². The first-order chi connectivity index (χ1) is 33.2. The predicted octanol–water partition coefficient (Wildman–Crippen LogP) is 13.0. The summed E-state index contributed by atoms with van der Waals surface area (Å²) in [5.74, 6) is 0.830. The maximum Gasteiger partial charge on any atom is 0.219 e. The van der Waals surface area contributed by atoms with E-state index in [2.05, 4.69) is 244 Å². The topological polar surface area (TPSA) is 57.4 Å². The van der Waals surface area contributed by atoms with E-state index in [1.807, 2.05) is 18.2 Å². The average molecular weight is 1060 g/mol. The molecule has 69 heavy (non-hydrogen) atoms. The minimum Gasteiger partial charge on any atom is -0.334 e. The van der Waals surface area contributed by atoms with Crippen molar-refractivity contribution >= 4 is 109 Å². The number of nitrogens with one attached hydrogen (secondary N) is 2. The third-order valence-electron chi connectivity index (χ3n) is 12.0. The standard InChI is InChI=1S/C30H27ClN2PS.C29H26N2PS.BrH/c1-22-13-19-28(20-14-22)34(26-9-5-3-6-10-26,27-11-7-4-8-12-27)29-23(2)32-30(33-29)35-21-24-15-17-25(31)18-16-24;1-22-18-20-26(21-19-22)32(24-12-6-3-7-13-24,25-14-8-4-9-15-25)28-23(2)30-29(31-28)33-27-16-10-5-11-17-27;/h3-20H,21H2,1-2H3,(H,32,33);3-21H,1-2H3,(H,30,31);1H/q2*+1;. The molecule has 0 unspecified atom stereocenters. The molecule has 2 N–H and O–H groups in total. The second-order valence-electron chi connectivity index (χ2n) is 16.7. The highest BCUT2D eigenvalue weighted by atomic mass is 79.9. The van der Waals surface area contributed by atoms with E-state index >= 15 is 0 Å². The Kier molecular flexibility index (Phi) is 16.6. The Morgan fingerprint density at radius 1 is 0.406 bits per heavy atom. The summed E-state index contributed by atoms with van der Waals surface area (Å²) in [7, 11) is -4.42. The van der Waals surface area contributed by atoms with Gasteiger partial charge in [-0.3, -0.25) is 0 Å². The lowest BCUT2D eigenvalue weighted by Crippen LogP contribution is -2.40. The Labute approximate surface area is 432 Å². The number of H-pyrrole nitrogens is 2. The van der Waals surface area contributed by atoms with Crippen LogP contribution in [0.25, 0.3) is 0 Å². The van der Waals surface area contributed by atoms with Crippen LogP contribution in [-0.4, -0.2) is 19.9 Å². The van der Waals surface area contributed by atoms with Crippen LogP contribution in [0.4, 0.5) is 0 Å². The molecule has 4 nitrogen and oxygen atoms in total. The van der Waals surface area contributed by atoms with Gasteiger partial charge in [0.15, 0.2) is 24.8 Å². The first kappa shape index (κ1) is 49.9. The van der Waals surface area contributed by atoms with Crippen molar-refractivity contribution in [3.8, 4) is 0 Å². The zero-order chi connectivity index (χ0) is 46.9. The molecule has 0 bridgehead atoms. The van der Waals surface area contributed by atoms with Gasteiger partial charge >= 0.3 is 0 Å². The molecule has 10 rings (SSSR count). The molecular formula is C59H54BrClN4P2S2+2. The monoisotopic (exact) mass is 1060 g/mol. The van der Waals surface area contributed by atoms with Crippen molar-refractivity contribution < 1.29 is 0 Å². The second kappa shape index (κ2) is 23.0. The Balaban J connectivity index is 0.000000184. The molecule has 0 spiro atoms. The maximum atomic E-state index is 6.07. The molecule has 0 atom stereocenters. The fraction of sp³-hybridized carbons (Fsp3) is 0.0847. The number of rotatable bonds is 13. The van der Waals surface area contributed by atoms with Gasteiger partial charge in [-0.25, -0.2) is 0 Å². The summed E-state index contributed by atoms with van der Waals surface area (Å²) in [6, 6.07) is 80.0. The van der Waals surface area contributed by atoms with E-state index in [9.17, 15) is 0 Å². The van der Waals surface area contributed by atoms with Crippen molar-refractivity contribution in [3.63, 3.8) is 0 Å². The van der Waals surface area contributed by atoms with Gasteiger partial charge < -0.3 is 9.97 Å². The fourth-order valence-corrected chi connectivity index (χ4v) is 19.3. The SMILES string of the molecule is Br.Cc1ccc([P+](c2ccccc2)(c2ccccc2)c2nc(SCc3ccc(Cl)cc3)[nH]c2C)cc1.Cc1ccc([P+](c2ccccc2)(c2ccccc2)c2nc(Sc3ccccc3)[nH]c2C)cc1. The molecular weight excluding hydrogens is 1010 g/mol. The third kappa shape index (κ3) is 10.8. The number of aromatic nitrogens is 4. The second-order valence-corrected chi connectivity index (χ2v) is 25.8. The molecule has 2 heterocycles. The highest BCUT2D eigenvalue weighted by Crippen LogP contribution is 2.56. The van der Waals surface area contributed by atoms with Gasteiger partial charge in [0, 0.05) is 15.7 Å². The Morgan fingerprint density at radius 3 is 1.13 bits per heavy atom. The summed E-state index contributed by atoms with van der Waals surface area (Å²) < 4.78 is 0. The van der Waals surface area contributed by atoms with Gasteiger partial charge in [0.25, 0.3) is 0 Å². The van der Waals surface area contributed by atoms with Gasteiger partial charge in [-0.2, -0.15) is 9.97 Å². The van der Waals surface area contributed by atoms with Crippen molar-refractivity contribution in [1.29, 1.82) is 0 Å². The fourth-order valence-electron chi connectivity index (χ4n) is 8.72. The molecule has 10 heteroatoms. The van der Waals surface area contributed by atoms with Crippen LogP contribution in [-0.2, 0) is 5.75 Å². The molecule has 0 aliphatic carbocycles. The normalized spacial score (nSPS) is 11.3. The molecule has 0 saturated carbocycles. The summed E-state index contributed by atoms with van der Waals surface area (Å²) in [5.41, 5.74) is 8.25. The van der Waals surface area contributed by atoms with Crippen LogP contribution in [0.3, 0.4) is 0 Å². The van der Waals surface area contributed by atoms with E-state index in [4.69, 9.17) is 21.6 Å². The Hall–Kier alpha value is -5.49. The van der Waals surface area contributed by atoms with Gasteiger partial charge in [-0.05, 0) is 130 Å². The minimum absolute atomic E-state index is 0. The van der Waals surface area contributed by atoms with Crippen LogP contribution in [0.15, 0.2) is 240 Å². The molecule has 0 radical (unpaired) electrons. The van der Waals surface area contributed by atoms with E-state index in [0.29, 0.717) is 0 Å². The van der Waals surface area contributed by atoms with E-state index in [1.165, 1.54) is 53.4 Å². The molecule has 0 aliphatic rings. The zero-order valence-electron chi connectivity index (χ0n) is 39.0. The number of halogens is 2. The van der Waals surface area contributed by atoms with Gasteiger partial charge in [0.2, 0.25) is 10.9 Å². The minimum atomic E-state index is -2.22. The Morgan fingerprint density at radius 2 is 0.739 bits per heavy atom. The van der Waals surface area contributed by atoms with Gasteiger partial charge in [0.1, 0.15) is 31.8 Å². The van der Waals surface area contributed by atoms with Crippen LogP contribution in [0.2, 0.25) is 5.02 Å². The highest BCUT2D eigenvalue weighted by molar-refractivity contribution is 8.93. The van der Waals surface area contributed by atoms with Crippen LogP contribution in [0.1, 0.15) is 28.1 Å². The quantitative estimate of drug-likeness (QED) is 0.0892. The van der Waals surface area contributed by atoms with E-state index < -0.39 is 14.5 Å². The van der Waals surface area contributed by atoms with E-state index in [1.54, 1.807) is 23.5 Å². The lowest BCUT2D eigenvalue weighted by molar-refractivity contribution is 1.04. The van der Waals surface area contributed by atoms with Crippen LogP contribution < -0.4 is 42.7 Å². The Bertz CT molecular complexity index is 3100. The highest BCUT2D eigenvalue weighted by Gasteiger charge is 2.52. The number of thioether (sulfide) groups is 1. The van der Waals surface area contributed by atoms with E-state index in [0.717, 1.165) is 43.3 Å². The van der Waals surface area contributed by atoms with Crippen molar-refractivity contribution in [2.45, 2.75) is 48.7 Å². The van der Waals surface area contributed by atoms with Crippen LogP contribution >= 0.6 is 66.6 Å². The van der Waals surface area contributed by atoms with Gasteiger partial charge in [0.05, 0.1) is 11.4 Å². The third-order valence-corrected chi connectivity index (χ3v) is 22.6. The number of benzene rings is 8. The number of aromatic amines is 2. The summed E-state index contributed by atoms with van der Waals surface area (Å²) >= 11 is 9.47. The summed E-state index contributed by atoms with van der Waals surface area (Å²) in [4.78, 5) is 19.0. The smallest absolute Gasteiger partial charge is 0.219 e. The molecule has 0 amide bonds. The first-order valence-corrected chi connectivity index (χ1v) is 28.4. The number of aryl methyl sites for hydroxylation is 4. The number of hydrogen-bond donors (Lipinski definition) is 2. The van der Waals surface area contributed by atoms with Crippen LogP contribution in [0, 0.1) is 27.7 Å². The molecule has 2 aromatic heterocycles. The van der Waals surface area contributed by atoms with Gasteiger partial charge in [-0.15, -0.1) is 17.0 Å². The van der Waals surface area contributed by atoms with Gasteiger partial charge in [-0.1, -0.05) is 174 Å². The average Bonchev–Trinajstić information content (AvgIpc) is 3.95. The lowest BCUT2D eigenvalue weighted by atomic mass is 10.2. The summed E-state index contributed by atoms with van der Waals surface area (Å²) in [5, 5.41) is 10.5. The molecule has 0 fully saturated rings. The largest absolute Gasteiger partial charge is 0.334 e. The number of imidazole rings is 2. The summed E-state index contributed by atoms with van der Waals surface area (Å²) in [6.45, 7) is 8.60. The molecule has 8 aromatic carbocycles. The molecule has 10 aromatic rings. The number of nitrogens with zero attached hydrogens (tertiary/aromatic N) is 2. The molecule has 0 aliphatic heterocycles. The maximum absolute atomic E-state index is 6.07. The first-order valence-electron chi connectivity index (χ1n) is 22.6. The predicted molar refractivity (Wildman–Crippen MR) is 308 cm³/mol. The van der Waals surface area contributed by atoms with E-state index in [-0.39, 0.29) is 17.0 Å². The van der Waals surface area contributed by atoms with Crippen molar-refractivity contribution in [1.82, 2.24) is 19.9 Å². The van der Waals surface area contributed by atoms with Crippen LogP contribution in [0.5, 0.6) is 0 Å². The number of hydrogen-bond acceptors (Lipinski definition) is 4. The van der Waals surface area contributed by atoms with Crippen molar-refractivity contribution in [2.24, 2.45) is 0 Å².